The van der Waals surface area contributed by atoms with Crippen molar-refractivity contribution in [2.75, 3.05) is 6.54 Å². The number of carbonyl (C=O) groups excluding carboxylic acids is 1. The summed E-state index contributed by atoms with van der Waals surface area (Å²) in [5, 5.41) is 14.3. The average molecular weight is 278 g/mol. The molecule has 20 heavy (non-hydrogen) atoms. The van der Waals surface area contributed by atoms with Gasteiger partial charge in [-0.15, -0.1) is 0 Å². The van der Waals surface area contributed by atoms with Gasteiger partial charge >= 0.3 is 5.97 Å². The number of hydrogen-bond donors (Lipinski definition) is 3. The molecule has 0 heterocycles. The first-order chi connectivity index (χ1) is 9.28. The lowest BCUT2D eigenvalue weighted by Crippen LogP contribution is -2.53. The largest absolute Gasteiger partial charge is 0.480 e. The molecular formula is C15H22N2O3. The van der Waals surface area contributed by atoms with Gasteiger partial charge < -0.3 is 15.7 Å². The van der Waals surface area contributed by atoms with E-state index in [1.165, 1.54) is 0 Å². The van der Waals surface area contributed by atoms with Gasteiger partial charge in [0.1, 0.15) is 6.54 Å². The molecule has 0 spiro atoms. The summed E-state index contributed by atoms with van der Waals surface area (Å²) < 4.78 is 0. The van der Waals surface area contributed by atoms with Gasteiger partial charge in [-0.3, -0.25) is 9.59 Å². The molecule has 1 aromatic carbocycles. The molecule has 0 bridgehead atoms. The van der Waals surface area contributed by atoms with Crippen LogP contribution < -0.4 is 10.6 Å². The lowest BCUT2D eigenvalue weighted by atomic mass is 10.0. The van der Waals surface area contributed by atoms with Crippen LogP contribution in [0.2, 0.25) is 0 Å². The first-order valence-corrected chi connectivity index (χ1v) is 6.59. The Balaban J connectivity index is 2.74. The molecule has 0 saturated heterocycles. The van der Waals surface area contributed by atoms with Crippen LogP contribution in [-0.4, -0.2) is 35.1 Å². The SMILES string of the molecule is CC(C)(C)N[C@@H](Cc1ccccc1)C(=O)NCC(=O)O. The minimum absolute atomic E-state index is 0.236. The zero-order valence-corrected chi connectivity index (χ0v) is 12.1. The number of benzene rings is 1. The summed E-state index contributed by atoms with van der Waals surface area (Å²) in [6.45, 7) is 5.54. The standard InChI is InChI=1S/C15H22N2O3/c1-15(2,3)17-12(14(20)16-10-13(18)19)9-11-7-5-4-6-8-11/h4-8,12,17H,9-10H2,1-3H3,(H,16,20)(H,18,19)/t12-/m0/s1. The number of aliphatic carboxylic acids is 1. The van der Waals surface area contributed by atoms with E-state index in [2.05, 4.69) is 10.6 Å². The van der Waals surface area contributed by atoms with Gasteiger partial charge in [0.15, 0.2) is 0 Å². The van der Waals surface area contributed by atoms with E-state index >= 15 is 0 Å². The summed E-state index contributed by atoms with van der Waals surface area (Å²) in [6.07, 6.45) is 0.517. The number of amides is 1. The maximum Gasteiger partial charge on any atom is 0.322 e. The van der Waals surface area contributed by atoms with E-state index in [4.69, 9.17) is 5.11 Å². The molecule has 110 valence electrons. The minimum atomic E-state index is -1.05. The minimum Gasteiger partial charge on any atom is -0.480 e. The number of hydrogen-bond acceptors (Lipinski definition) is 3. The second-order valence-corrected chi connectivity index (χ2v) is 5.75. The van der Waals surface area contributed by atoms with E-state index in [-0.39, 0.29) is 18.0 Å². The van der Waals surface area contributed by atoms with E-state index in [9.17, 15) is 9.59 Å². The van der Waals surface area contributed by atoms with E-state index in [1.807, 2.05) is 51.1 Å². The Bertz CT molecular complexity index is 452. The summed E-state index contributed by atoms with van der Waals surface area (Å²) in [5.74, 6) is -1.35. The van der Waals surface area contributed by atoms with Gasteiger partial charge in [-0.05, 0) is 32.8 Å². The third kappa shape index (κ3) is 6.33. The molecule has 0 aliphatic rings. The highest BCUT2D eigenvalue weighted by atomic mass is 16.4. The van der Waals surface area contributed by atoms with Crippen molar-refractivity contribution in [1.29, 1.82) is 0 Å². The fourth-order valence-corrected chi connectivity index (χ4v) is 1.87. The fourth-order valence-electron chi connectivity index (χ4n) is 1.87. The fraction of sp³-hybridized carbons (Fsp3) is 0.467. The second kappa shape index (κ2) is 7.05. The first-order valence-electron chi connectivity index (χ1n) is 6.59. The molecule has 0 radical (unpaired) electrons. The van der Waals surface area contributed by atoms with Crippen LogP contribution in [0, 0.1) is 0 Å². The number of carbonyl (C=O) groups is 2. The Labute approximate surface area is 119 Å². The molecular weight excluding hydrogens is 256 g/mol. The Kier molecular flexibility index (Phi) is 5.70. The Hall–Kier alpha value is -1.88. The van der Waals surface area contributed by atoms with Crippen LogP contribution in [0.4, 0.5) is 0 Å². The van der Waals surface area contributed by atoms with Gasteiger partial charge in [0, 0.05) is 5.54 Å². The van der Waals surface area contributed by atoms with Crippen molar-refractivity contribution in [1.82, 2.24) is 10.6 Å². The maximum atomic E-state index is 12.1. The molecule has 1 atom stereocenters. The van der Waals surface area contributed by atoms with Crippen molar-refractivity contribution in [3.8, 4) is 0 Å². The molecule has 0 aliphatic heterocycles. The van der Waals surface area contributed by atoms with Crippen LogP contribution in [0.25, 0.3) is 0 Å². The molecule has 0 saturated carbocycles. The van der Waals surface area contributed by atoms with Crippen LogP contribution >= 0.6 is 0 Å². The van der Waals surface area contributed by atoms with Gasteiger partial charge in [-0.2, -0.15) is 0 Å². The van der Waals surface area contributed by atoms with Gasteiger partial charge in [0.25, 0.3) is 0 Å². The van der Waals surface area contributed by atoms with Crippen molar-refractivity contribution >= 4 is 11.9 Å². The smallest absolute Gasteiger partial charge is 0.322 e. The average Bonchev–Trinajstić information content (AvgIpc) is 2.34. The maximum absolute atomic E-state index is 12.1. The Morgan fingerprint density at radius 2 is 1.80 bits per heavy atom. The van der Waals surface area contributed by atoms with E-state index in [0.29, 0.717) is 6.42 Å². The molecule has 1 amide bonds. The zero-order valence-electron chi connectivity index (χ0n) is 12.1. The molecule has 0 unspecified atom stereocenters. The highest BCUT2D eigenvalue weighted by molar-refractivity contribution is 5.85. The predicted octanol–water partition coefficient (Wildman–Crippen LogP) is 1.19. The normalized spacial score (nSPS) is 12.8. The topological polar surface area (TPSA) is 78.4 Å². The molecule has 0 aliphatic carbocycles. The number of carboxylic acids is 1. The van der Waals surface area contributed by atoms with Crippen molar-refractivity contribution in [3.05, 3.63) is 35.9 Å². The predicted molar refractivity (Wildman–Crippen MR) is 77.5 cm³/mol. The molecule has 3 N–H and O–H groups in total. The van der Waals surface area contributed by atoms with E-state index in [0.717, 1.165) is 5.56 Å². The summed E-state index contributed by atoms with van der Waals surface area (Å²) in [7, 11) is 0. The first kappa shape index (κ1) is 16.2. The van der Waals surface area contributed by atoms with Crippen molar-refractivity contribution < 1.29 is 14.7 Å². The van der Waals surface area contributed by atoms with Crippen LogP contribution in [0.1, 0.15) is 26.3 Å². The van der Waals surface area contributed by atoms with Gasteiger partial charge in [-0.1, -0.05) is 30.3 Å². The molecule has 0 aromatic heterocycles. The number of carboxylic acid groups (broad SMARTS) is 1. The van der Waals surface area contributed by atoms with Gasteiger partial charge in [0.05, 0.1) is 6.04 Å². The summed E-state index contributed by atoms with van der Waals surface area (Å²) in [4.78, 5) is 22.6. The van der Waals surface area contributed by atoms with Crippen LogP contribution in [0.5, 0.6) is 0 Å². The monoisotopic (exact) mass is 278 g/mol. The molecule has 5 nitrogen and oxygen atoms in total. The van der Waals surface area contributed by atoms with E-state index in [1.54, 1.807) is 0 Å². The van der Waals surface area contributed by atoms with Crippen LogP contribution in [-0.2, 0) is 16.0 Å². The lowest BCUT2D eigenvalue weighted by molar-refractivity contribution is -0.138. The highest BCUT2D eigenvalue weighted by Gasteiger charge is 2.24. The van der Waals surface area contributed by atoms with Crippen molar-refractivity contribution in [3.63, 3.8) is 0 Å². The quantitative estimate of drug-likeness (QED) is 0.730. The van der Waals surface area contributed by atoms with Crippen molar-refractivity contribution in [2.24, 2.45) is 0 Å². The van der Waals surface area contributed by atoms with Crippen molar-refractivity contribution in [2.45, 2.75) is 38.8 Å². The zero-order chi connectivity index (χ0) is 15.2. The third-order valence-electron chi connectivity index (χ3n) is 2.62. The molecule has 1 rings (SSSR count). The second-order valence-electron chi connectivity index (χ2n) is 5.75. The molecule has 0 fully saturated rings. The number of nitrogens with one attached hydrogen (secondary N) is 2. The van der Waals surface area contributed by atoms with Crippen LogP contribution in [0.3, 0.4) is 0 Å². The lowest BCUT2D eigenvalue weighted by Gasteiger charge is -2.27. The number of rotatable bonds is 6. The summed E-state index contributed by atoms with van der Waals surface area (Å²) in [6, 6.07) is 9.18. The Morgan fingerprint density at radius 3 is 2.30 bits per heavy atom. The van der Waals surface area contributed by atoms with Crippen LogP contribution in [0.15, 0.2) is 30.3 Å². The molecule has 5 heteroatoms. The van der Waals surface area contributed by atoms with Gasteiger partial charge in [0.2, 0.25) is 5.91 Å². The highest BCUT2D eigenvalue weighted by Crippen LogP contribution is 2.08. The van der Waals surface area contributed by atoms with Gasteiger partial charge in [-0.25, -0.2) is 0 Å². The Morgan fingerprint density at radius 1 is 1.20 bits per heavy atom. The summed E-state index contributed by atoms with van der Waals surface area (Å²) in [5.41, 5.74) is 0.791. The third-order valence-corrected chi connectivity index (χ3v) is 2.62. The van der Waals surface area contributed by atoms with E-state index < -0.39 is 12.0 Å². The summed E-state index contributed by atoms with van der Waals surface area (Å²) >= 11 is 0. The molecule has 1 aromatic rings.